The lowest BCUT2D eigenvalue weighted by Crippen LogP contribution is -2.31. The normalized spacial score (nSPS) is 23.6. The van der Waals surface area contributed by atoms with Gasteiger partial charge in [-0.05, 0) is 45.4 Å². The van der Waals surface area contributed by atoms with E-state index in [2.05, 4.69) is 24.8 Å². The minimum atomic E-state index is -0.290. The van der Waals surface area contributed by atoms with Crippen molar-refractivity contribution >= 4 is 11.9 Å². The number of amides is 1. The molecule has 0 saturated carbocycles. The number of pyridine rings is 1. The molecule has 0 aromatic carbocycles. The Hall–Kier alpha value is -1.62. The molecule has 2 aliphatic rings. The average molecular weight is 275 g/mol. The van der Waals surface area contributed by atoms with E-state index in [1.54, 1.807) is 4.90 Å². The molecule has 0 N–H and O–H groups in total. The number of cyclic esters (lactones) is 1. The summed E-state index contributed by atoms with van der Waals surface area (Å²) in [5, 5.41) is 0. The Morgan fingerprint density at radius 2 is 2.20 bits per heavy atom. The van der Waals surface area contributed by atoms with Crippen LogP contribution in [-0.4, -0.2) is 41.7 Å². The Morgan fingerprint density at radius 3 is 2.90 bits per heavy atom. The minimum absolute atomic E-state index is 0.290. The zero-order chi connectivity index (χ0) is 14.1. The fourth-order valence-electron chi connectivity index (χ4n) is 3.10. The largest absolute Gasteiger partial charge is 0.447 e. The average Bonchev–Trinajstić information content (AvgIpc) is 3.07. The van der Waals surface area contributed by atoms with Crippen LogP contribution < -0.4 is 4.90 Å². The Labute approximate surface area is 119 Å². The maximum Gasteiger partial charge on any atom is 0.415 e. The van der Waals surface area contributed by atoms with Gasteiger partial charge in [0.05, 0.1) is 18.3 Å². The maximum atomic E-state index is 11.6. The third-order valence-corrected chi connectivity index (χ3v) is 4.09. The maximum absolute atomic E-state index is 11.6. The summed E-state index contributed by atoms with van der Waals surface area (Å²) in [6.45, 7) is 6.61. The van der Waals surface area contributed by atoms with Gasteiger partial charge in [0, 0.05) is 6.04 Å². The second-order valence-corrected chi connectivity index (χ2v) is 5.68. The van der Waals surface area contributed by atoms with Crippen molar-refractivity contribution in [3.05, 3.63) is 23.9 Å². The van der Waals surface area contributed by atoms with E-state index in [9.17, 15) is 4.79 Å². The first kappa shape index (κ1) is 13.4. The number of hydrogen-bond acceptors (Lipinski definition) is 4. The summed E-state index contributed by atoms with van der Waals surface area (Å²) in [7, 11) is 0. The second-order valence-electron chi connectivity index (χ2n) is 5.68. The predicted molar refractivity (Wildman–Crippen MR) is 76.7 cm³/mol. The molecular weight excluding hydrogens is 254 g/mol. The van der Waals surface area contributed by atoms with Crippen LogP contribution in [0.25, 0.3) is 0 Å². The lowest BCUT2D eigenvalue weighted by atomic mass is 10.1. The van der Waals surface area contributed by atoms with E-state index in [-0.39, 0.29) is 6.09 Å². The molecule has 2 fully saturated rings. The number of carbonyl (C=O) groups excluding carboxylic acids is 1. The molecule has 108 valence electrons. The zero-order valence-electron chi connectivity index (χ0n) is 12.1. The SMILES string of the molecule is CC(C)N1CCC[C@@H]1c1cccc(N2CCOC2=O)n1. The topological polar surface area (TPSA) is 45.7 Å². The van der Waals surface area contributed by atoms with Gasteiger partial charge in [0.15, 0.2) is 0 Å². The summed E-state index contributed by atoms with van der Waals surface area (Å²) in [5.74, 6) is 0.709. The predicted octanol–water partition coefficient (Wildman–Crippen LogP) is 2.58. The zero-order valence-corrected chi connectivity index (χ0v) is 12.1. The smallest absolute Gasteiger partial charge is 0.415 e. The number of ether oxygens (including phenoxy) is 1. The lowest BCUT2D eigenvalue weighted by molar-refractivity contribution is 0.181. The summed E-state index contributed by atoms with van der Waals surface area (Å²) < 4.78 is 4.98. The molecule has 5 heteroatoms. The Balaban J connectivity index is 1.85. The van der Waals surface area contributed by atoms with Gasteiger partial charge in [-0.1, -0.05) is 6.07 Å². The number of anilines is 1. The van der Waals surface area contributed by atoms with Crippen molar-refractivity contribution < 1.29 is 9.53 Å². The molecule has 2 saturated heterocycles. The number of carbonyl (C=O) groups is 1. The van der Waals surface area contributed by atoms with E-state index in [0.717, 1.165) is 18.7 Å². The summed E-state index contributed by atoms with van der Waals surface area (Å²) in [4.78, 5) is 20.4. The van der Waals surface area contributed by atoms with Crippen molar-refractivity contribution in [2.45, 2.75) is 38.8 Å². The highest BCUT2D eigenvalue weighted by atomic mass is 16.6. The Morgan fingerprint density at radius 1 is 1.35 bits per heavy atom. The molecular formula is C15H21N3O2. The molecule has 1 aromatic rings. The molecule has 0 radical (unpaired) electrons. The van der Waals surface area contributed by atoms with Crippen LogP contribution in [0.4, 0.5) is 10.6 Å². The van der Waals surface area contributed by atoms with Crippen LogP contribution in [0.1, 0.15) is 38.4 Å². The van der Waals surface area contributed by atoms with Crippen molar-refractivity contribution in [1.29, 1.82) is 0 Å². The number of rotatable bonds is 3. The number of hydrogen-bond donors (Lipinski definition) is 0. The minimum Gasteiger partial charge on any atom is -0.447 e. The molecule has 0 aliphatic carbocycles. The van der Waals surface area contributed by atoms with Gasteiger partial charge in [0.25, 0.3) is 0 Å². The van der Waals surface area contributed by atoms with Crippen LogP contribution in [0.5, 0.6) is 0 Å². The first-order valence-corrected chi connectivity index (χ1v) is 7.34. The van der Waals surface area contributed by atoms with E-state index in [1.165, 1.54) is 6.42 Å². The van der Waals surface area contributed by atoms with Crippen molar-refractivity contribution in [2.24, 2.45) is 0 Å². The fourth-order valence-corrected chi connectivity index (χ4v) is 3.10. The van der Waals surface area contributed by atoms with Gasteiger partial charge in [-0.3, -0.25) is 9.80 Å². The van der Waals surface area contributed by atoms with Crippen LogP contribution >= 0.6 is 0 Å². The van der Waals surface area contributed by atoms with E-state index in [4.69, 9.17) is 9.72 Å². The quantitative estimate of drug-likeness (QED) is 0.850. The van der Waals surface area contributed by atoms with Gasteiger partial charge in [0.1, 0.15) is 12.4 Å². The van der Waals surface area contributed by atoms with E-state index in [1.807, 2.05) is 12.1 Å². The van der Waals surface area contributed by atoms with Gasteiger partial charge >= 0.3 is 6.09 Å². The molecule has 1 aromatic heterocycles. The standard InChI is InChI=1S/C15H21N3O2/c1-11(2)17-8-4-6-13(17)12-5-3-7-14(16-12)18-9-10-20-15(18)19/h3,5,7,11,13H,4,6,8-10H2,1-2H3/t13-/m1/s1. The Kier molecular flexibility index (Phi) is 3.61. The molecule has 0 bridgehead atoms. The highest BCUT2D eigenvalue weighted by molar-refractivity contribution is 5.88. The number of nitrogens with zero attached hydrogens (tertiary/aromatic N) is 3. The molecule has 5 nitrogen and oxygen atoms in total. The molecule has 3 rings (SSSR count). The molecule has 0 unspecified atom stereocenters. The van der Waals surface area contributed by atoms with Crippen molar-refractivity contribution in [2.75, 3.05) is 24.6 Å². The van der Waals surface area contributed by atoms with E-state index >= 15 is 0 Å². The lowest BCUT2D eigenvalue weighted by Gasteiger charge is -2.28. The van der Waals surface area contributed by atoms with Gasteiger partial charge in [-0.15, -0.1) is 0 Å². The summed E-state index contributed by atoms with van der Waals surface area (Å²) >= 11 is 0. The summed E-state index contributed by atoms with van der Waals surface area (Å²) in [5.41, 5.74) is 1.06. The molecule has 2 aliphatic heterocycles. The first-order chi connectivity index (χ1) is 9.66. The number of aromatic nitrogens is 1. The highest BCUT2D eigenvalue weighted by Gasteiger charge is 2.30. The molecule has 20 heavy (non-hydrogen) atoms. The van der Waals surface area contributed by atoms with Gasteiger partial charge < -0.3 is 4.74 Å². The molecule has 1 atom stereocenters. The molecule has 3 heterocycles. The van der Waals surface area contributed by atoms with Gasteiger partial charge in [0.2, 0.25) is 0 Å². The Bertz CT molecular complexity index is 504. The van der Waals surface area contributed by atoms with E-state index < -0.39 is 0 Å². The van der Waals surface area contributed by atoms with Gasteiger partial charge in [-0.2, -0.15) is 0 Å². The fraction of sp³-hybridized carbons (Fsp3) is 0.600. The van der Waals surface area contributed by atoms with Crippen LogP contribution in [0, 0.1) is 0 Å². The monoisotopic (exact) mass is 275 g/mol. The van der Waals surface area contributed by atoms with Gasteiger partial charge in [-0.25, -0.2) is 9.78 Å². The van der Waals surface area contributed by atoms with Crippen LogP contribution in [0.2, 0.25) is 0 Å². The van der Waals surface area contributed by atoms with Crippen molar-refractivity contribution in [3.63, 3.8) is 0 Å². The van der Waals surface area contributed by atoms with Crippen molar-refractivity contribution in [3.8, 4) is 0 Å². The van der Waals surface area contributed by atoms with Crippen LogP contribution in [0.15, 0.2) is 18.2 Å². The third-order valence-electron chi connectivity index (χ3n) is 4.09. The second kappa shape index (κ2) is 5.40. The van der Waals surface area contributed by atoms with Crippen molar-refractivity contribution in [1.82, 2.24) is 9.88 Å². The molecule has 1 amide bonds. The highest BCUT2D eigenvalue weighted by Crippen LogP contribution is 2.33. The summed E-state index contributed by atoms with van der Waals surface area (Å²) in [6, 6.07) is 6.82. The van der Waals surface area contributed by atoms with E-state index in [0.29, 0.717) is 31.1 Å². The first-order valence-electron chi connectivity index (χ1n) is 7.34. The summed E-state index contributed by atoms with van der Waals surface area (Å²) in [6.07, 6.45) is 2.06. The third kappa shape index (κ3) is 2.38. The van der Waals surface area contributed by atoms with Crippen LogP contribution in [-0.2, 0) is 4.74 Å². The number of likely N-dealkylation sites (tertiary alicyclic amines) is 1. The molecule has 0 spiro atoms. The van der Waals surface area contributed by atoms with Crippen LogP contribution in [0.3, 0.4) is 0 Å².